The highest BCUT2D eigenvalue weighted by molar-refractivity contribution is 7.14. The Kier molecular flexibility index (Phi) is 5.54. The number of halogens is 5. The van der Waals surface area contributed by atoms with Gasteiger partial charge in [0.15, 0.2) is 0 Å². The van der Waals surface area contributed by atoms with Gasteiger partial charge in [0.1, 0.15) is 18.2 Å². The number of anilines is 2. The van der Waals surface area contributed by atoms with Gasteiger partial charge in [0.05, 0.1) is 11.8 Å². The van der Waals surface area contributed by atoms with Crippen LogP contribution in [0, 0.1) is 0 Å². The first-order valence-electron chi connectivity index (χ1n) is 6.38. The maximum absolute atomic E-state index is 12.8. The van der Waals surface area contributed by atoms with E-state index in [1.165, 1.54) is 17.6 Å². The molecule has 2 rings (SSSR count). The molecule has 0 unspecified atom stereocenters. The summed E-state index contributed by atoms with van der Waals surface area (Å²) in [7, 11) is 0. The van der Waals surface area contributed by atoms with Gasteiger partial charge in [-0.15, -0.1) is 11.3 Å². The number of aromatic nitrogens is 1. The fraction of sp³-hybridized carbons (Fsp3) is 0.231. The van der Waals surface area contributed by atoms with E-state index in [0.29, 0.717) is 10.9 Å². The highest BCUT2D eigenvalue weighted by atomic mass is 32.1. The molecule has 11 heteroatoms. The lowest BCUT2D eigenvalue weighted by molar-refractivity contribution is -0.139. The van der Waals surface area contributed by atoms with Gasteiger partial charge in [0.2, 0.25) is 5.13 Å². The van der Waals surface area contributed by atoms with Crippen molar-refractivity contribution < 1.29 is 26.7 Å². The number of nitrogens with two attached hydrogens (primary N) is 1. The monoisotopic (exact) mass is 366 g/mol. The normalized spacial score (nSPS) is 12.1. The molecule has 5 nitrogen and oxygen atoms in total. The summed E-state index contributed by atoms with van der Waals surface area (Å²) in [6, 6.07) is 2.86. The Balaban J connectivity index is 2.16. The van der Waals surface area contributed by atoms with Crippen molar-refractivity contribution in [1.29, 1.82) is 0 Å². The van der Waals surface area contributed by atoms with Gasteiger partial charge in [-0.3, -0.25) is 5.43 Å². The average Bonchev–Trinajstić information content (AvgIpc) is 2.89. The third kappa shape index (κ3) is 5.05. The van der Waals surface area contributed by atoms with Crippen LogP contribution >= 0.6 is 11.3 Å². The van der Waals surface area contributed by atoms with Gasteiger partial charge < -0.3 is 10.5 Å². The highest BCUT2D eigenvalue weighted by Gasteiger charge is 2.34. The fourth-order valence-electron chi connectivity index (χ4n) is 1.63. The zero-order chi connectivity index (χ0) is 17.7. The van der Waals surface area contributed by atoms with Crippen molar-refractivity contribution in [2.24, 2.45) is 5.10 Å². The van der Waals surface area contributed by atoms with E-state index in [0.717, 1.165) is 18.2 Å². The number of hydrogen-bond donors (Lipinski definition) is 2. The Morgan fingerprint density at radius 1 is 1.38 bits per heavy atom. The molecule has 24 heavy (non-hydrogen) atoms. The Hall–Kier alpha value is -2.43. The summed E-state index contributed by atoms with van der Waals surface area (Å²) in [5.41, 5.74) is 7.05. The standard InChI is InChI=1S/C13H11F5N4OS/c14-10(15)5-23-9-3-7(1-2-8(9)13(16,17)18)4-20-22-12-21-11(19)6-24-12/h1-4,6,10H,5,19H2,(H,21,22). The highest BCUT2D eigenvalue weighted by Crippen LogP contribution is 2.36. The van der Waals surface area contributed by atoms with Crippen molar-refractivity contribution in [2.75, 3.05) is 17.8 Å². The van der Waals surface area contributed by atoms with Crippen molar-refractivity contribution in [1.82, 2.24) is 4.98 Å². The van der Waals surface area contributed by atoms with Gasteiger partial charge in [-0.2, -0.15) is 18.3 Å². The van der Waals surface area contributed by atoms with Crippen LogP contribution in [0.25, 0.3) is 0 Å². The number of rotatable bonds is 6. The van der Waals surface area contributed by atoms with Gasteiger partial charge in [0.25, 0.3) is 6.43 Å². The number of hydrazone groups is 1. The van der Waals surface area contributed by atoms with Crippen LogP contribution in [0.3, 0.4) is 0 Å². The molecule has 130 valence electrons. The van der Waals surface area contributed by atoms with Crippen molar-refractivity contribution in [2.45, 2.75) is 12.6 Å². The molecule has 0 fully saturated rings. The van der Waals surface area contributed by atoms with Crippen molar-refractivity contribution >= 4 is 28.5 Å². The van der Waals surface area contributed by atoms with Gasteiger partial charge in [-0.05, 0) is 17.7 Å². The summed E-state index contributed by atoms with van der Waals surface area (Å²) < 4.78 is 67.5. The SMILES string of the molecule is Nc1csc(NN=Cc2ccc(C(F)(F)F)c(OCC(F)F)c2)n1. The van der Waals surface area contributed by atoms with Crippen LogP contribution in [0.15, 0.2) is 28.7 Å². The zero-order valence-electron chi connectivity index (χ0n) is 11.8. The van der Waals surface area contributed by atoms with Crippen molar-refractivity contribution in [3.05, 3.63) is 34.7 Å². The summed E-state index contributed by atoms with van der Waals surface area (Å²) >= 11 is 1.19. The van der Waals surface area contributed by atoms with Crippen LogP contribution in [0.1, 0.15) is 11.1 Å². The van der Waals surface area contributed by atoms with E-state index in [1.54, 1.807) is 5.38 Å². The Morgan fingerprint density at radius 3 is 2.71 bits per heavy atom. The van der Waals surface area contributed by atoms with E-state index in [4.69, 9.17) is 5.73 Å². The Bertz CT molecular complexity index is 717. The van der Waals surface area contributed by atoms with Gasteiger partial charge in [0, 0.05) is 5.38 Å². The quantitative estimate of drug-likeness (QED) is 0.463. The lowest BCUT2D eigenvalue weighted by Crippen LogP contribution is -2.13. The van der Waals surface area contributed by atoms with Crippen LogP contribution in [0.4, 0.5) is 32.9 Å². The van der Waals surface area contributed by atoms with E-state index in [-0.39, 0.29) is 5.56 Å². The van der Waals surface area contributed by atoms with E-state index in [9.17, 15) is 22.0 Å². The van der Waals surface area contributed by atoms with Gasteiger partial charge in [-0.25, -0.2) is 13.8 Å². The van der Waals surface area contributed by atoms with E-state index in [1.807, 2.05) is 0 Å². The second-order valence-electron chi connectivity index (χ2n) is 4.40. The molecule has 1 aromatic carbocycles. The molecule has 0 saturated heterocycles. The van der Waals surface area contributed by atoms with Gasteiger partial charge >= 0.3 is 6.18 Å². The van der Waals surface area contributed by atoms with E-state index < -0.39 is 30.5 Å². The van der Waals surface area contributed by atoms with E-state index >= 15 is 0 Å². The van der Waals surface area contributed by atoms with Crippen LogP contribution < -0.4 is 15.9 Å². The molecule has 0 aliphatic rings. The molecule has 0 aliphatic carbocycles. The smallest absolute Gasteiger partial charge is 0.419 e. The number of nitrogens with one attached hydrogen (secondary N) is 1. The Morgan fingerprint density at radius 2 is 2.12 bits per heavy atom. The molecule has 0 bridgehead atoms. The second kappa shape index (κ2) is 7.43. The maximum atomic E-state index is 12.8. The molecule has 0 atom stereocenters. The van der Waals surface area contributed by atoms with Crippen LogP contribution in [-0.2, 0) is 6.18 Å². The molecular weight excluding hydrogens is 355 g/mol. The Labute approximate surface area is 137 Å². The average molecular weight is 366 g/mol. The minimum absolute atomic E-state index is 0.226. The summed E-state index contributed by atoms with van der Waals surface area (Å²) in [4.78, 5) is 3.87. The third-order valence-corrected chi connectivity index (χ3v) is 3.34. The summed E-state index contributed by atoms with van der Waals surface area (Å²) in [6.07, 6.45) is -6.41. The number of nitrogen functional groups attached to an aromatic ring is 1. The molecule has 0 radical (unpaired) electrons. The topological polar surface area (TPSA) is 72.5 Å². The molecule has 0 saturated carbocycles. The van der Waals surface area contributed by atoms with Crippen LogP contribution in [0.5, 0.6) is 5.75 Å². The lowest BCUT2D eigenvalue weighted by Gasteiger charge is -2.14. The number of alkyl halides is 5. The third-order valence-electron chi connectivity index (χ3n) is 2.57. The zero-order valence-corrected chi connectivity index (χ0v) is 12.7. The number of nitrogens with zero attached hydrogens (tertiary/aromatic N) is 2. The minimum atomic E-state index is -4.72. The molecule has 2 aromatic rings. The van der Waals surface area contributed by atoms with E-state index in [2.05, 4.69) is 20.2 Å². The van der Waals surface area contributed by atoms with Crippen molar-refractivity contribution in [3.8, 4) is 5.75 Å². The second-order valence-corrected chi connectivity index (χ2v) is 5.26. The fourth-order valence-corrected chi connectivity index (χ4v) is 2.17. The number of thiazole rings is 1. The number of hydrogen-bond acceptors (Lipinski definition) is 6. The summed E-state index contributed by atoms with van der Waals surface area (Å²) in [5, 5.41) is 5.75. The summed E-state index contributed by atoms with van der Waals surface area (Å²) in [6.45, 7) is -1.14. The predicted molar refractivity (Wildman–Crippen MR) is 80.7 cm³/mol. The molecule has 0 spiro atoms. The van der Waals surface area contributed by atoms with Gasteiger partial charge in [-0.1, -0.05) is 6.07 Å². The molecule has 1 heterocycles. The molecular formula is C13H11F5N4OS. The molecule has 0 aliphatic heterocycles. The first-order valence-corrected chi connectivity index (χ1v) is 7.26. The first kappa shape index (κ1) is 17.9. The maximum Gasteiger partial charge on any atom is 0.419 e. The van der Waals surface area contributed by atoms with Crippen LogP contribution in [0.2, 0.25) is 0 Å². The largest absolute Gasteiger partial charge is 0.487 e. The molecule has 3 N–H and O–H groups in total. The number of ether oxygens (including phenoxy) is 1. The minimum Gasteiger partial charge on any atom is -0.487 e. The molecule has 0 amide bonds. The van der Waals surface area contributed by atoms with Crippen molar-refractivity contribution in [3.63, 3.8) is 0 Å². The lowest BCUT2D eigenvalue weighted by atomic mass is 10.1. The summed E-state index contributed by atoms with van der Waals surface area (Å²) in [5.74, 6) is -0.389. The first-order chi connectivity index (χ1) is 11.3. The predicted octanol–water partition coefficient (Wildman–Crippen LogP) is 3.83. The van der Waals surface area contributed by atoms with Crippen LogP contribution in [-0.4, -0.2) is 24.2 Å². The number of benzene rings is 1. The molecule has 1 aromatic heterocycles.